The maximum atomic E-state index is 11.9. The molecule has 104 valence electrons. The molecule has 1 N–H and O–H groups in total. The number of carbonyl (C=O) groups excluding carboxylic acids is 1. The third-order valence-electron chi connectivity index (χ3n) is 3.97. The highest BCUT2D eigenvalue weighted by Gasteiger charge is 2.47. The Balaban J connectivity index is 1.68. The number of furan rings is 1. The number of hydrogen-bond donors (Lipinski definition) is 1. The van der Waals surface area contributed by atoms with Gasteiger partial charge in [0.2, 0.25) is 0 Å². The quantitative estimate of drug-likeness (QED) is 0.903. The summed E-state index contributed by atoms with van der Waals surface area (Å²) in [7, 11) is -2.95. The van der Waals surface area contributed by atoms with Crippen molar-refractivity contribution in [3.8, 4) is 0 Å². The molecule has 2 unspecified atom stereocenters. The fourth-order valence-corrected chi connectivity index (χ4v) is 5.64. The van der Waals surface area contributed by atoms with Gasteiger partial charge in [-0.2, -0.15) is 0 Å². The minimum absolute atomic E-state index is 0.0996. The summed E-state index contributed by atoms with van der Waals surface area (Å²) >= 11 is 5.61. The van der Waals surface area contributed by atoms with Crippen LogP contribution in [-0.2, 0) is 9.84 Å². The average molecular weight is 304 g/mol. The van der Waals surface area contributed by atoms with Crippen molar-refractivity contribution in [2.45, 2.75) is 42.2 Å². The van der Waals surface area contributed by atoms with E-state index in [2.05, 4.69) is 5.32 Å². The molecule has 2 aliphatic heterocycles. The van der Waals surface area contributed by atoms with Crippen molar-refractivity contribution in [3.63, 3.8) is 0 Å². The van der Waals surface area contributed by atoms with Gasteiger partial charge in [0.25, 0.3) is 5.91 Å². The molecule has 19 heavy (non-hydrogen) atoms. The molecule has 0 aromatic carbocycles. The maximum absolute atomic E-state index is 11.9. The molecule has 5 nitrogen and oxygen atoms in total. The van der Waals surface area contributed by atoms with Gasteiger partial charge in [0, 0.05) is 6.04 Å². The largest absolute Gasteiger partial charge is 0.440 e. The van der Waals surface area contributed by atoms with Gasteiger partial charge in [-0.05, 0) is 49.4 Å². The van der Waals surface area contributed by atoms with E-state index in [9.17, 15) is 13.2 Å². The normalized spacial score (nSPS) is 32.2. The zero-order valence-corrected chi connectivity index (χ0v) is 11.7. The number of amides is 1. The molecular weight excluding hydrogens is 290 g/mol. The molecule has 2 aliphatic rings. The van der Waals surface area contributed by atoms with Gasteiger partial charge in [-0.1, -0.05) is 0 Å². The standard InChI is InChI=1S/C12H14ClNO4S/c13-11-4-3-10(18-11)12(15)14-7-5-8-1-2-9(6-7)19(8,16)17/h3-4,7-9H,1-2,5-6H2,(H,14,15). The Kier molecular flexibility index (Phi) is 3.09. The minimum atomic E-state index is -2.95. The monoisotopic (exact) mass is 303 g/mol. The van der Waals surface area contributed by atoms with Crippen LogP contribution in [0.5, 0.6) is 0 Å². The van der Waals surface area contributed by atoms with E-state index in [1.165, 1.54) is 12.1 Å². The zero-order valence-electron chi connectivity index (χ0n) is 10.1. The Bertz CT molecular complexity index is 589. The van der Waals surface area contributed by atoms with E-state index >= 15 is 0 Å². The summed E-state index contributed by atoms with van der Waals surface area (Å²) in [4.78, 5) is 11.9. The predicted molar refractivity (Wildman–Crippen MR) is 69.9 cm³/mol. The first-order valence-corrected chi connectivity index (χ1v) is 8.24. The molecule has 7 heteroatoms. The van der Waals surface area contributed by atoms with Crippen LogP contribution < -0.4 is 5.32 Å². The predicted octanol–water partition coefficient (Wildman–Crippen LogP) is 1.77. The van der Waals surface area contributed by atoms with Crippen molar-refractivity contribution in [1.29, 1.82) is 0 Å². The van der Waals surface area contributed by atoms with Gasteiger partial charge >= 0.3 is 0 Å². The summed E-state index contributed by atoms with van der Waals surface area (Å²) in [5.74, 6) is -0.179. The van der Waals surface area contributed by atoms with Crippen LogP contribution >= 0.6 is 11.6 Å². The molecule has 0 spiro atoms. The van der Waals surface area contributed by atoms with Crippen LogP contribution in [0, 0.1) is 0 Å². The second-order valence-electron chi connectivity index (χ2n) is 5.16. The summed E-state index contributed by atoms with van der Waals surface area (Å²) in [6.45, 7) is 0. The lowest BCUT2D eigenvalue weighted by molar-refractivity contribution is 0.0904. The lowest BCUT2D eigenvalue weighted by Gasteiger charge is -2.28. The zero-order chi connectivity index (χ0) is 13.6. The summed E-state index contributed by atoms with van der Waals surface area (Å²) in [6.07, 6.45) is 2.43. The Morgan fingerprint density at radius 3 is 2.42 bits per heavy atom. The first-order valence-electron chi connectivity index (χ1n) is 6.25. The van der Waals surface area contributed by atoms with Crippen LogP contribution in [0.4, 0.5) is 0 Å². The summed E-state index contributed by atoms with van der Waals surface area (Å²) in [6, 6.07) is 2.91. The Hall–Kier alpha value is -1.01. The van der Waals surface area contributed by atoms with Crippen molar-refractivity contribution in [3.05, 3.63) is 23.1 Å². The number of halogens is 1. The fourth-order valence-electron chi connectivity index (χ4n) is 3.02. The first-order chi connectivity index (χ1) is 8.96. The maximum Gasteiger partial charge on any atom is 0.287 e. The highest BCUT2D eigenvalue weighted by molar-refractivity contribution is 7.93. The van der Waals surface area contributed by atoms with Crippen LogP contribution in [0.2, 0.25) is 5.22 Å². The molecule has 0 radical (unpaired) electrons. The van der Waals surface area contributed by atoms with Gasteiger partial charge in [0.05, 0.1) is 10.5 Å². The molecule has 2 fully saturated rings. The molecule has 2 atom stereocenters. The van der Waals surface area contributed by atoms with Gasteiger partial charge in [-0.3, -0.25) is 4.79 Å². The molecule has 2 saturated heterocycles. The summed E-state index contributed by atoms with van der Waals surface area (Å²) < 4.78 is 28.9. The number of fused-ring (bicyclic) bond motifs is 2. The second-order valence-corrected chi connectivity index (χ2v) is 8.04. The van der Waals surface area contributed by atoms with Crippen LogP contribution in [-0.4, -0.2) is 30.9 Å². The van der Waals surface area contributed by atoms with E-state index in [1.54, 1.807) is 0 Å². The lowest BCUT2D eigenvalue weighted by atomic mass is 10.1. The van der Waals surface area contributed by atoms with Gasteiger partial charge in [0.15, 0.2) is 20.8 Å². The minimum Gasteiger partial charge on any atom is -0.440 e. The molecule has 1 aromatic heterocycles. The Morgan fingerprint density at radius 2 is 1.89 bits per heavy atom. The van der Waals surface area contributed by atoms with Gasteiger partial charge in [0.1, 0.15) is 0 Å². The van der Waals surface area contributed by atoms with Gasteiger partial charge < -0.3 is 9.73 Å². The van der Waals surface area contributed by atoms with E-state index < -0.39 is 9.84 Å². The van der Waals surface area contributed by atoms with Crippen molar-refractivity contribution in [1.82, 2.24) is 5.32 Å². The molecule has 2 bridgehead atoms. The Labute approximate surface area is 116 Å². The smallest absolute Gasteiger partial charge is 0.287 e. The van der Waals surface area contributed by atoms with Crippen LogP contribution in [0.25, 0.3) is 0 Å². The number of sulfone groups is 1. The first kappa shape index (κ1) is 13.0. The third-order valence-corrected chi connectivity index (χ3v) is 6.88. The number of carbonyl (C=O) groups is 1. The summed E-state index contributed by atoms with van der Waals surface area (Å²) in [5, 5.41) is 2.41. The second kappa shape index (κ2) is 4.52. The number of nitrogens with one attached hydrogen (secondary N) is 1. The van der Waals surface area contributed by atoms with Crippen molar-refractivity contribution in [2.75, 3.05) is 0 Å². The number of rotatable bonds is 2. The molecule has 1 amide bonds. The molecule has 0 saturated carbocycles. The van der Waals surface area contributed by atoms with E-state index in [0.717, 1.165) is 0 Å². The Morgan fingerprint density at radius 1 is 1.26 bits per heavy atom. The molecule has 3 heterocycles. The van der Waals surface area contributed by atoms with Crippen LogP contribution in [0.3, 0.4) is 0 Å². The van der Waals surface area contributed by atoms with Crippen LogP contribution in [0.1, 0.15) is 36.2 Å². The molecule has 0 aliphatic carbocycles. The highest BCUT2D eigenvalue weighted by Crippen LogP contribution is 2.38. The van der Waals surface area contributed by atoms with Gasteiger partial charge in [-0.15, -0.1) is 0 Å². The summed E-state index contributed by atoms with van der Waals surface area (Å²) in [5.41, 5.74) is 0. The molecular formula is C12H14ClNO4S. The van der Waals surface area contributed by atoms with E-state index in [-0.39, 0.29) is 33.4 Å². The fraction of sp³-hybridized carbons (Fsp3) is 0.583. The molecule has 3 rings (SSSR count). The lowest BCUT2D eigenvalue weighted by Crippen LogP contribution is -2.45. The molecule has 1 aromatic rings. The number of hydrogen-bond acceptors (Lipinski definition) is 4. The van der Waals surface area contributed by atoms with Crippen LogP contribution in [0.15, 0.2) is 16.5 Å². The van der Waals surface area contributed by atoms with E-state index in [1.807, 2.05) is 0 Å². The van der Waals surface area contributed by atoms with Crippen molar-refractivity contribution >= 4 is 27.3 Å². The van der Waals surface area contributed by atoms with Crippen molar-refractivity contribution < 1.29 is 17.6 Å². The highest BCUT2D eigenvalue weighted by atomic mass is 35.5. The third kappa shape index (κ3) is 2.27. The SMILES string of the molecule is O=C(NC1CC2CCC(C1)S2(=O)=O)c1ccc(Cl)o1. The van der Waals surface area contributed by atoms with Crippen molar-refractivity contribution in [2.24, 2.45) is 0 Å². The van der Waals surface area contributed by atoms with E-state index in [0.29, 0.717) is 25.7 Å². The average Bonchev–Trinajstić information content (AvgIpc) is 2.78. The van der Waals surface area contributed by atoms with E-state index in [4.69, 9.17) is 16.0 Å². The van der Waals surface area contributed by atoms with Gasteiger partial charge in [-0.25, -0.2) is 8.42 Å². The topological polar surface area (TPSA) is 76.4 Å².